The number of carbonyl (C=O) groups excluding carboxylic acids is 2. The smallest absolute Gasteiger partial charge is 0.241 e. The lowest BCUT2D eigenvalue weighted by Gasteiger charge is -2.28. The van der Waals surface area contributed by atoms with Crippen molar-refractivity contribution in [1.29, 1.82) is 0 Å². The van der Waals surface area contributed by atoms with Gasteiger partial charge in [-0.1, -0.05) is 12.2 Å². The Bertz CT molecular complexity index is 678. The minimum absolute atomic E-state index is 0.0477. The van der Waals surface area contributed by atoms with Crippen LogP contribution in [-0.4, -0.2) is 18.4 Å². The van der Waals surface area contributed by atoms with Gasteiger partial charge < -0.3 is 4.74 Å². The topological polar surface area (TPSA) is 46.6 Å². The number of anilines is 1. The van der Waals surface area contributed by atoms with Gasteiger partial charge in [-0.15, -0.1) is 0 Å². The summed E-state index contributed by atoms with van der Waals surface area (Å²) in [6, 6.07) is 7.20. The quantitative estimate of drug-likeness (QED) is 0.636. The highest BCUT2D eigenvalue weighted by Gasteiger charge is 2.67. The van der Waals surface area contributed by atoms with Crippen molar-refractivity contribution in [3.05, 3.63) is 36.4 Å². The van der Waals surface area contributed by atoms with E-state index in [-0.39, 0.29) is 29.6 Å². The van der Waals surface area contributed by atoms with Gasteiger partial charge in [0.15, 0.2) is 0 Å². The average Bonchev–Trinajstić information content (AvgIpc) is 3.14. The summed E-state index contributed by atoms with van der Waals surface area (Å²) in [7, 11) is 0. The van der Waals surface area contributed by atoms with E-state index in [1.54, 1.807) is 12.1 Å². The van der Waals surface area contributed by atoms with Crippen LogP contribution in [0.2, 0.25) is 0 Å². The molecule has 22 heavy (non-hydrogen) atoms. The molecule has 0 aromatic heterocycles. The first kappa shape index (κ1) is 13.6. The van der Waals surface area contributed by atoms with E-state index < -0.39 is 5.41 Å². The Morgan fingerprint density at radius 2 is 1.95 bits per heavy atom. The Morgan fingerprint density at radius 1 is 1.23 bits per heavy atom. The number of hydrogen-bond donors (Lipinski definition) is 0. The van der Waals surface area contributed by atoms with E-state index in [0.29, 0.717) is 12.3 Å². The van der Waals surface area contributed by atoms with E-state index in [4.69, 9.17) is 4.74 Å². The largest absolute Gasteiger partial charge is 0.494 e. The molecule has 1 aromatic rings. The Hall–Kier alpha value is -2.10. The zero-order chi connectivity index (χ0) is 15.5. The van der Waals surface area contributed by atoms with Gasteiger partial charge in [0.25, 0.3) is 0 Å². The summed E-state index contributed by atoms with van der Waals surface area (Å²) in [4.78, 5) is 27.2. The summed E-state index contributed by atoms with van der Waals surface area (Å²) in [5, 5.41) is 0. The van der Waals surface area contributed by atoms with Crippen molar-refractivity contribution in [2.75, 3.05) is 11.5 Å². The summed E-state index contributed by atoms with van der Waals surface area (Å²) in [5.41, 5.74) is 0.0863. The van der Waals surface area contributed by atoms with Crippen molar-refractivity contribution in [2.45, 2.75) is 20.3 Å². The van der Waals surface area contributed by atoms with Crippen LogP contribution in [0, 0.1) is 23.2 Å². The van der Waals surface area contributed by atoms with Crippen LogP contribution >= 0.6 is 0 Å². The molecule has 1 saturated heterocycles. The molecular formula is C18H19NO3. The second kappa shape index (κ2) is 4.45. The number of imide groups is 1. The van der Waals surface area contributed by atoms with Crippen LogP contribution in [0.15, 0.2) is 36.4 Å². The Balaban J connectivity index is 1.70. The van der Waals surface area contributed by atoms with Gasteiger partial charge in [0.05, 0.1) is 23.6 Å². The molecule has 1 heterocycles. The minimum atomic E-state index is -0.560. The number of carbonyl (C=O) groups is 2. The molecule has 2 fully saturated rings. The van der Waals surface area contributed by atoms with Crippen molar-refractivity contribution in [1.82, 2.24) is 0 Å². The molecule has 0 radical (unpaired) electrons. The number of amides is 2. The van der Waals surface area contributed by atoms with E-state index >= 15 is 0 Å². The van der Waals surface area contributed by atoms with Crippen LogP contribution < -0.4 is 9.64 Å². The van der Waals surface area contributed by atoms with Crippen LogP contribution in [-0.2, 0) is 9.59 Å². The molecule has 1 saturated carbocycles. The van der Waals surface area contributed by atoms with Crippen molar-refractivity contribution >= 4 is 17.5 Å². The van der Waals surface area contributed by atoms with Gasteiger partial charge >= 0.3 is 0 Å². The maximum atomic E-state index is 13.0. The first-order chi connectivity index (χ1) is 10.6. The number of allylic oxidation sites excluding steroid dienone is 2. The Kier molecular flexibility index (Phi) is 2.74. The van der Waals surface area contributed by atoms with Gasteiger partial charge in [-0.2, -0.15) is 0 Å². The van der Waals surface area contributed by atoms with Gasteiger partial charge in [0, 0.05) is 0 Å². The molecule has 0 unspecified atom stereocenters. The summed E-state index contributed by atoms with van der Waals surface area (Å²) in [6.45, 7) is 4.48. The molecule has 0 spiro atoms. The number of fused-ring (bicyclic) bond motifs is 5. The fourth-order valence-electron chi connectivity index (χ4n) is 4.41. The Labute approximate surface area is 129 Å². The molecule has 114 valence electrons. The van der Waals surface area contributed by atoms with Crippen LogP contribution in [0.4, 0.5) is 5.69 Å². The van der Waals surface area contributed by atoms with Gasteiger partial charge in [0.2, 0.25) is 11.8 Å². The predicted octanol–water partition coefficient (Wildman–Crippen LogP) is 2.79. The van der Waals surface area contributed by atoms with Crippen LogP contribution in [0.25, 0.3) is 0 Å². The van der Waals surface area contributed by atoms with E-state index in [9.17, 15) is 9.59 Å². The first-order valence-electron chi connectivity index (χ1n) is 7.87. The lowest BCUT2D eigenvalue weighted by molar-refractivity contribution is -0.127. The number of hydrogen-bond acceptors (Lipinski definition) is 3. The standard InChI is InChI=1S/C18H19NO3/c1-3-22-14-8-6-13(7-9-14)19-16(20)15-11-4-5-12(10-11)18(15,2)17(19)21/h4-9,11-12,15H,3,10H2,1-2H3/t11-,12-,15-,18-/m0/s1. The lowest BCUT2D eigenvalue weighted by Crippen LogP contribution is -2.37. The lowest BCUT2D eigenvalue weighted by atomic mass is 9.71. The summed E-state index contributed by atoms with van der Waals surface area (Å²) in [5.74, 6) is 0.878. The first-order valence-corrected chi connectivity index (χ1v) is 7.87. The molecule has 1 aliphatic heterocycles. The van der Waals surface area contributed by atoms with E-state index in [1.807, 2.05) is 26.0 Å². The maximum Gasteiger partial charge on any atom is 0.241 e. The monoisotopic (exact) mass is 297 g/mol. The number of ether oxygens (including phenoxy) is 1. The maximum absolute atomic E-state index is 13.0. The fraction of sp³-hybridized carbons (Fsp3) is 0.444. The summed E-state index contributed by atoms with van der Waals surface area (Å²) >= 11 is 0. The molecule has 4 heteroatoms. The van der Waals surface area contributed by atoms with Crippen LogP contribution in [0.1, 0.15) is 20.3 Å². The highest BCUT2D eigenvalue weighted by Crippen LogP contribution is 2.60. The van der Waals surface area contributed by atoms with Gasteiger partial charge in [0.1, 0.15) is 5.75 Å². The summed E-state index contributed by atoms with van der Waals surface area (Å²) in [6.07, 6.45) is 5.17. The second-order valence-electron chi connectivity index (χ2n) is 6.56. The minimum Gasteiger partial charge on any atom is -0.494 e. The van der Waals surface area contributed by atoms with Crippen molar-refractivity contribution in [3.63, 3.8) is 0 Å². The highest BCUT2D eigenvalue weighted by molar-refractivity contribution is 6.24. The Morgan fingerprint density at radius 3 is 2.59 bits per heavy atom. The predicted molar refractivity (Wildman–Crippen MR) is 82.4 cm³/mol. The third kappa shape index (κ3) is 1.52. The van der Waals surface area contributed by atoms with E-state index in [0.717, 1.165) is 12.2 Å². The molecular weight excluding hydrogens is 278 g/mol. The van der Waals surface area contributed by atoms with E-state index in [2.05, 4.69) is 12.2 Å². The highest BCUT2D eigenvalue weighted by atomic mass is 16.5. The number of nitrogens with zero attached hydrogens (tertiary/aromatic N) is 1. The van der Waals surface area contributed by atoms with Gasteiger partial charge in [-0.3, -0.25) is 9.59 Å². The molecule has 2 amide bonds. The third-order valence-electron chi connectivity index (χ3n) is 5.52. The molecule has 1 aromatic carbocycles. The molecule has 4 atom stereocenters. The normalized spacial score (nSPS) is 35.4. The molecule has 2 bridgehead atoms. The van der Waals surface area contributed by atoms with E-state index in [1.165, 1.54) is 4.90 Å². The van der Waals surface area contributed by atoms with Crippen molar-refractivity contribution in [2.24, 2.45) is 23.2 Å². The number of benzene rings is 1. The SMILES string of the molecule is CCOc1ccc(N2C(=O)[C@@H]3[C@H]4C=C[C@@H](C4)[C@]3(C)C2=O)cc1. The fourth-order valence-corrected chi connectivity index (χ4v) is 4.41. The average molecular weight is 297 g/mol. The van der Waals surface area contributed by atoms with Crippen LogP contribution in [0.5, 0.6) is 5.75 Å². The zero-order valence-electron chi connectivity index (χ0n) is 12.8. The number of rotatable bonds is 3. The van der Waals surface area contributed by atoms with Crippen molar-refractivity contribution in [3.8, 4) is 5.75 Å². The molecule has 3 aliphatic rings. The van der Waals surface area contributed by atoms with Crippen LogP contribution in [0.3, 0.4) is 0 Å². The second-order valence-corrected chi connectivity index (χ2v) is 6.56. The third-order valence-corrected chi connectivity index (χ3v) is 5.52. The van der Waals surface area contributed by atoms with Gasteiger partial charge in [-0.25, -0.2) is 4.90 Å². The molecule has 4 nitrogen and oxygen atoms in total. The zero-order valence-corrected chi connectivity index (χ0v) is 12.8. The molecule has 0 N–H and O–H groups in total. The molecule has 2 aliphatic carbocycles. The summed E-state index contributed by atoms with van der Waals surface area (Å²) < 4.78 is 5.42. The molecule has 4 rings (SSSR count). The van der Waals surface area contributed by atoms with Gasteiger partial charge in [-0.05, 0) is 56.4 Å². The van der Waals surface area contributed by atoms with Crippen molar-refractivity contribution < 1.29 is 14.3 Å².